The summed E-state index contributed by atoms with van der Waals surface area (Å²) in [4.78, 5) is 7.75. The lowest BCUT2D eigenvalue weighted by atomic mass is 10.1. The number of nitrogens with two attached hydrogens (primary N) is 3. The van der Waals surface area contributed by atoms with E-state index in [1.807, 2.05) is 31.2 Å². The summed E-state index contributed by atoms with van der Waals surface area (Å²) in [5, 5.41) is 0. The van der Waals surface area contributed by atoms with Crippen LogP contribution in [0.1, 0.15) is 18.1 Å². The van der Waals surface area contributed by atoms with Crippen LogP contribution in [-0.4, -0.2) is 18.5 Å². The molecule has 0 spiro atoms. The minimum atomic E-state index is -0.0983. The van der Waals surface area contributed by atoms with Crippen molar-refractivity contribution in [3.8, 4) is 0 Å². The van der Waals surface area contributed by atoms with Crippen LogP contribution in [0.15, 0.2) is 34.3 Å². The molecule has 0 atom stereocenters. The van der Waals surface area contributed by atoms with Crippen LogP contribution >= 0.6 is 0 Å². The Morgan fingerprint density at radius 3 is 2.44 bits per heavy atom. The van der Waals surface area contributed by atoms with Gasteiger partial charge in [0.25, 0.3) is 0 Å². The monoisotopic (exact) mass is 249 g/mol. The van der Waals surface area contributed by atoms with E-state index < -0.39 is 0 Å². The molecule has 0 saturated carbocycles. The first-order valence-electron chi connectivity index (χ1n) is 5.67. The van der Waals surface area contributed by atoms with Gasteiger partial charge in [-0.1, -0.05) is 24.3 Å². The molecule has 1 aromatic rings. The Labute approximate surface area is 107 Å². The molecular formula is C12H19N5O. The van der Waals surface area contributed by atoms with Gasteiger partial charge in [0.05, 0.1) is 13.2 Å². The fraction of sp³-hybridized carbons (Fsp3) is 0.333. The Bertz CT molecular complexity index is 438. The molecule has 6 nitrogen and oxygen atoms in total. The molecule has 0 bridgehead atoms. The van der Waals surface area contributed by atoms with Gasteiger partial charge in [-0.25, -0.2) is 4.99 Å². The van der Waals surface area contributed by atoms with Gasteiger partial charge in [-0.3, -0.25) is 0 Å². The molecule has 0 aliphatic heterocycles. The van der Waals surface area contributed by atoms with Crippen LogP contribution in [0.25, 0.3) is 0 Å². The van der Waals surface area contributed by atoms with E-state index in [9.17, 15) is 0 Å². The van der Waals surface area contributed by atoms with Crippen molar-refractivity contribution in [2.24, 2.45) is 27.2 Å². The third-order valence-corrected chi connectivity index (χ3v) is 2.24. The lowest BCUT2D eigenvalue weighted by molar-refractivity contribution is 0.133. The summed E-state index contributed by atoms with van der Waals surface area (Å²) in [6.45, 7) is 3.61. The number of aliphatic imine (C=N–C) groups is 2. The highest BCUT2D eigenvalue weighted by atomic mass is 16.5. The molecule has 6 heteroatoms. The van der Waals surface area contributed by atoms with Crippen molar-refractivity contribution in [2.75, 3.05) is 6.61 Å². The molecule has 0 radical (unpaired) electrons. The third kappa shape index (κ3) is 4.84. The topological polar surface area (TPSA) is 112 Å². The van der Waals surface area contributed by atoms with Crippen LogP contribution in [0, 0.1) is 0 Å². The van der Waals surface area contributed by atoms with Crippen molar-refractivity contribution < 1.29 is 4.74 Å². The number of hydrogen-bond donors (Lipinski definition) is 3. The highest BCUT2D eigenvalue weighted by molar-refractivity contribution is 5.92. The number of hydrogen-bond acceptors (Lipinski definition) is 2. The van der Waals surface area contributed by atoms with E-state index in [0.29, 0.717) is 19.8 Å². The Morgan fingerprint density at radius 2 is 1.83 bits per heavy atom. The number of rotatable bonds is 5. The van der Waals surface area contributed by atoms with Gasteiger partial charge in [0.2, 0.25) is 5.96 Å². The molecule has 0 fully saturated rings. The fourth-order valence-electron chi connectivity index (χ4n) is 1.40. The molecule has 18 heavy (non-hydrogen) atoms. The molecule has 0 amide bonds. The molecule has 0 saturated heterocycles. The van der Waals surface area contributed by atoms with E-state index in [1.165, 1.54) is 0 Å². The van der Waals surface area contributed by atoms with Gasteiger partial charge in [-0.05, 0) is 18.1 Å². The Balaban J connectivity index is 2.75. The molecule has 1 aromatic carbocycles. The van der Waals surface area contributed by atoms with E-state index >= 15 is 0 Å². The summed E-state index contributed by atoms with van der Waals surface area (Å²) >= 11 is 0. The van der Waals surface area contributed by atoms with E-state index in [0.717, 1.165) is 11.1 Å². The second-order valence-corrected chi connectivity index (χ2v) is 3.62. The predicted molar refractivity (Wildman–Crippen MR) is 72.9 cm³/mol. The average molecular weight is 249 g/mol. The van der Waals surface area contributed by atoms with Crippen LogP contribution in [-0.2, 0) is 17.9 Å². The lowest BCUT2D eigenvalue weighted by Crippen LogP contribution is -2.26. The Kier molecular flexibility index (Phi) is 5.66. The van der Waals surface area contributed by atoms with Gasteiger partial charge in [0.1, 0.15) is 0 Å². The standard InChI is InChI=1S/C12H19N5O/c1-2-18-8-10-6-4-3-5-9(10)7-16-12(15)17-11(13)14/h3-6H,2,7-8H2,1H3,(H6,13,14,15,16,17). The van der Waals surface area contributed by atoms with Gasteiger partial charge < -0.3 is 21.9 Å². The maximum atomic E-state index is 5.54. The van der Waals surface area contributed by atoms with Crippen molar-refractivity contribution in [2.45, 2.75) is 20.1 Å². The van der Waals surface area contributed by atoms with Gasteiger partial charge >= 0.3 is 0 Å². The van der Waals surface area contributed by atoms with E-state index in [-0.39, 0.29) is 11.9 Å². The van der Waals surface area contributed by atoms with Crippen LogP contribution in [0.3, 0.4) is 0 Å². The average Bonchev–Trinajstić information content (AvgIpc) is 2.34. The fourth-order valence-corrected chi connectivity index (χ4v) is 1.40. The first-order valence-corrected chi connectivity index (χ1v) is 5.67. The molecular weight excluding hydrogens is 230 g/mol. The second kappa shape index (κ2) is 7.29. The molecule has 0 heterocycles. The normalized spacial score (nSPS) is 11.3. The Morgan fingerprint density at radius 1 is 1.17 bits per heavy atom. The van der Waals surface area contributed by atoms with E-state index in [1.54, 1.807) is 0 Å². The molecule has 0 aliphatic rings. The summed E-state index contributed by atoms with van der Waals surface area (Å²) in [5.74, 6) is -0.0277. The van der Waals surface area contributed by atoms with Crippen LogP contribution < -0.4 is 17.2 Å². The zero-order chi connectivity index (χ0) is 13.4. The highest BCUT2D eigenvalue weighted by Crippen LogP contribution is 2.11. The predicted octanol–water partition coefficient (Wildman–Crippen LogP) is 0.311. The second-order valence-electron chi connectivity index (χ2n) is 3.62. The van der Waals surface area contributed by atoms with Crippen molar-refractivity contribution in [1.29, 1.82) is 0 Å². The van der Waals surface area contributed by atoms with Crippen LogP contribution in [0.5, 0.6) is 0 Å². The van der Waals surface area contributed by atoms with Gasteiger partial charge in [-0.15, -0.1) is 0 Å². The van der Waals surface area contributed by atoms with Crippen molar-refractivity contribution in [1.82, 2.24) is 0 Å². The summed E-state index contributed by atoms with van der Waals surface area (Å²) in [5.41, 5.74) is 18.1. The summed E-state index contributed by atoms with van der Waals surface area (Å²) in [6, 6.07) is 7.87. The molecule has 1 rings (SSSR count). The molecule has 98 valence electrons. The first-order chi connectivity index (χ1) is 8.63. The largest absolute Gasteiger partial charge is 0.377 e. The smallest absolute Gasteiger partial charge is 0.218 e. The molecule has 0 aliphatic carbocycles. The molecule has 0 aromatic heterocycles. The SMILES string of the molecule is CCOCc1ccccc1CN=C(N)N=C(N)N. The van der Waals surface area contributed by atoms with Crippen molar-refractivity contribution in [3.63, 3.8) is 0 Å². The lowest BCUT2D eigenvalue weighted by Gasteiger charge is -2.07. The number of ether oxygens (including phenoxy) is 1. The summed E-state index contributed by atoms with van der Waals surface area (Å²) in [7, 11) is 0. The van der Waals surface area contributed by atoms with Crippen LogP contribution in [0.4, 0.5) is 0 Å². The quantitative estimate of drug-likeness (QED) is 0.515. The van der Waals surface area contributed by atoms with Gasteiger partial charge in [-0.2, -0.15) is 4.99 Å². The maximum Gasteiger partial charge on any atom is 0.218 e. The number of nitrogens with zero attached hydrogens (tertiary/aromatic N) is 2. The van der Waals surface area contributed by atoms with Crippen molar-refractivity contribution in [3.05, 3.63) is 35.4 Å². The minimum Gasteiger partial charge on any atom is -0.377 e. The zero-order valence-electron chi connectivity index (χ0n) is 10.5. The summed E-state index contributed by atoms with van der Waals surface area (Å²) < 4.78 is 5.38. The zero-order valence-corrected chi connectivity index (χ0v) is 10.5. The molecule has 6 N–H and O–H groups in total. The Hall–Kier alpha value is -2.08. The highest BCUT2D eigenvalue weighted by Gasteiger charge is 2.01. The van der Waals surface area contributed by atoms with Crippen molar-refractivity contribution >= 4 is 11.9 Å². The van der Waals surface area contributed by atoms with Gasteiger partial charge in [0.15, 0.2) is 5.96 Å². The summed E-state index contributed by atoms with van der Waals surface area (Å²) in [6.07, 6.45) is 0. The van der Waals surface area contributed by atoms with E-state index in [2.05, 4.69) is 9.98 Å². The molecule has 0 unspecified atom stereocenters. The number of benzene rings is 1. The third-order valence-electron chi connectivity index (χ3n) is 2.24. The minimum absolute atomic E-state index is 0.0706. The van der Waals surface area contributed by atoms with Gasteiger partial charge in [0, 0.05) is 6.61 Å². The number of guanidine groups is 2. The first kappa shape index (κ1) is 14.0. The van der Waals surface area contributed by atoms with Crippen LogP contribution in [0.2, 0.25) is 0 Å². The van der Waals surface area contributed by atoms with E-state index in [4.69, 9.17) is 21.9 Å². The maximum absolute atomic E-state index is 5.54.